The molecule has 31 atom stereocenters. The molecule has 0 radical (unpaired) electrons. The van der Waals surface area contributed by atoms with Crippen LogP contribution in [0.5, 0.6) is 0 Å². The SMILES string of the molecule is [3H]P(P(P(P(P)P)P(P)P)P(P(P[I-]I)P(P)P)P(P(P)P)P(P)P)P(P(P(P(P)P)P(P)P)P(P(P)P)P(P)P)P(P(P(P)P)P(P)P)P(P(P)P)P(P)P. The first-order chi connectivity index (χ1) is 25.5. The molecule has 0 rings (SSSR count). The van der Waals surface area contributed by atoms with Gasteiger partial charge in [0.1, 0.15) is 0 Å². The summed E-state index contributed by atoms with van der Waals surface area (Å²) in [5.41, 5.74) is 0. The van der Waals surface area contributed by atoms with Gasteiger partial charge < -0.3 is 0 Å². The van der Waals surface area contributed by atoms with Crippen LogP contribution in [-0.4, -0.2) is 1.28 Å². The Labute approximate surface area is 449 Å². The van der Waals surface area contributed by atoms with Gasteiger partial charge in [-0.3, -0.25) is 0 Å². The van der Waals surface area contributed by atoms with Gasteiger partial charge in [0.25, 0.3) is 0 Å². The monoisotopic (exact) mass is 1950 g/mol. The summed E-state index contributed by atoms with van der Waals surface area (Å²) in [7, 11) is 88.7. The summed E-state index contributed by atoms with van der Waals surface area (Å²) in [6.45, 7) is -6.71. The van der Waals surface area contributed by atoms with Gasteiger partial charge in [0, 0.05) is 0 Å². The van der Waals surface area contributed by atoms with Gasteiger partial charge in [-0.1, -0.05) is 0 Å². The molecule has 0 spiro atoms. The molecule has 55 heteroatoms. The minimum absolute atomic E-state index is 0.0955. The molecule has 0 bridgehead atoms. The van der Waals surface area contributed by atoms with Gasteiger partial charge in [-0.15, -0.1) is 0 Å². The first-order valence-electron chi connectivity index (χ1n) is 12.7. The average Bonchev–Trinajstić information content (AvgIpc) is 2.99. The summed E-state index contributed by atoms with van der Waals surface area (Å²) in [5.74, 6) is 1.17. The summed E-state index contributed by atoms with van der Waals surface area (Å²) in [6.07, 6.45) is 0. The number of halogens is 2. The van der Waals surface area contributed by atoms with Crippen molar-refractivity contribution in [2.45, 2.75) is 0 Å². The van der Waals surface area contributed by atoms with E-state index in [2.05, 4.69) is 251 Å². The van der Waals surface area contributed by atoms with Crippen molar-refractivity contribution in [3.63, 3.8) is 0 Å². The van der Waals surface area contributed by atoms with Crippen molar-refractivity contribution < 1.29 is 16.7 Å². The molecule has 0 nitrogen and oxygen atoms in total. The van der Waals surface area contributed by atoms with E-state index in [0.29, 0.717) is 0 Å². The molecule has 0 aliphatic rings. The summed E-state index contributed by atoms with van der Waals surface area (Å²) < 4.78 is 12.0. The second-order valence-corrected chi connectivity index (χ2v) is 238. The molecule has 0 aromatic rings. The Balaban J connectivity index is 9.64. The topological polar surface area (TPSA) is 0 Å². The van der Waals surface area contributed by atoms with Crippen LogP contribution >= 0.6 is 439 Å². The minimum atomic E-state index is -0.912. The number of hydrogen-bond donors (Lipinski definition) is 0. The van der Waals surface area contributed by atoms with Gasteiger partial charge in [0.15, 0.2) is 0 Å². The van der Waals surface area contributed by atoms with Crippen molar-refractivity contribution in [3.8, 4) is 0 Å². The maximum atomic E-state index is 12.0. The third kappa shape index (κ3) is 29.9. The van der Waals surface area contributed by atoms with Crippen LogP contribution in [-0.2, 0) is 0 Å². The Morgan fingerprint density at radius 2 is 0.473 bits per heavy atom. The van der Waals surface area contributed by atoms with Gasteiger partial charge in [-0.05, 0) is 0 Å². The van der Waals surface area contributed by atoms with Crippen molar-refractivity contribution in [1.29, 1.82) is 1.28 Å². The Hall–Kier alpha value is 24.2. The third-order valence-electron chi connectivity index (χ3n) is 4.57. The molecule has 0 aromatic heterocycles. The number of rotatable bonds is 27. The molecule has 0 fully saturated rings. The molecule has 0 aliphatic carbocycles. The van der Waals surface area contributed by atoms with Crippen molar-refractivity contribution in [1.82, 2.24) is 0 Å². The molecule has 0 aliphatic heterocycles. The van der Waals surface area contributed by atoms with Crippen LogP contribution in [0.25, 0.3) is 0 Å². The molecular weight excluding hydrogens is 1900 g/mol. The Bertz CT molecular complexity index is 873. The average molecular weight is 1950 g/mol. The summed E-state index contributed by atoms with van der Waals surface area (Å²) in [4.78, 5) is 0. The standard InChI is InChI=1S/H54I2P53/c1-2-29-44(31(3)4)53(48(34(9)10)35(11)12)45(47(32(5)6)33(7)8)30-46(54(49(36(13)14)37(15)16)50(38(17)18)39(19)20)55(51(40(21)22)41(23)24)52(42(25)26)43(27)28/h29-30H,3-28H2/q-1/i30T. The van der Waals surface area contributed by atoms with Crippen LogP contribution in [0.15, 0.2) is 0 Å². The van der Waals surface area contributed by atoms with Gasteiger partial charge in [-0.25, -0.2) is 0 Å². The Kier molecular flexibility index (Phi) is 62.7. The predicted molar refractivity (Wildman–Crippen MR) is 456 cm³/mol. The first kappa shape index (κ1) is 77.3. The summed E-state index contributed by atoms with van der Waals surface area (Å²) in [6, 6.07) is 0. The fourth-order valence-corrected chi connectivity index (χ4v) is 788. The van der Waals surface area contributed by atoms with Crippen molar-refractivity contribution in [2.24, 2.45) is 0 Å². The predicted octanol–water partition coefficient (Wildman–Crippen LogP) is 29.1. The molecule has 0 saturated carbocycles. The summed E-state index contributed by atoms with van der Waals surface area (Å²) >= 11 is 3.01. The van der Waals surface area contributed by atoms with Gasteiger partial charge in [-0.2, -0.15) is 0 Å². The quantitative estimate of drug-likeness (QED) is 0.0568. The van der Waals surface area contributed by atoms with Crippen molar-refractivity contribution >= 4 is 439 Å². The third-order valence-corrected chi connectivity index (χ3v) is 388. The number of hydrogen-bond acceptors (Lipinski definition) is 0. The van der Waals surface area contributed by atoms with Crippen LogP contribution in [0.1, 0.15) is 0 Å². The zero-order valence-corrected chi connectivity index (χ0v) is 86.5. The van der Waals surface area contributed by atoms with Crippen LogP contribution in [0.4, 0.5) is 0 Å². The van der Waals surface area contributed by atoms with Crippen molar-refractivity contribution in [3.05, 3.63) is 0 Å². The van der Waals surface area contributed by atoms with E-state index in [1.807, 2.05) is 0 Å². The zero-order chi connectivity index (χ0) is 44.4. The van der Waals surface area contributed by atoms with E-state index in [-0.39, 0.29) is 177 Å². The van der Waals surface area contributed by atoms with E-state index in [9.17, 15) is 1.28 Å². The van der Waals surface area contributed by atoms with E-state index in [4.69, 9.17) is 0 Å². The van der Waals surface area contributed by atoms with Crippen molar-refractivity contribution in [2.75, 3.05) is 0 Å². The Morgan fingerprint density at radius 1 is 0.273 bits per heavy atom. The fourth-order valence-electron chi connectivity index (χ4n) is 3.03. The van der Waals surface area contributed by atoms with E-state index in [1.165, 1.54) is 5.91 Å². The van der Waals surface area contributed by atoms with Crippen LogP contribution < -0.4 is 16.7 Å². The van der Waals surface area contributed by atoms with E-state index in [1.54, 1.807) is 0 Å². The zero-order valence-electron chi connectivity index (χ0n) is 28.9. The van der Waals surface area contributed by atoms with E-state index < -0.39 is 21.9 Å². The molecule has 0 amide bonds. The molecule has 0 N–H and O–H groups in total. The fraction of sp³-hybridized carbons (Fsp3) is 0. The first-order valence-corrected chi connectivity index (χ1v) is 118. The summed E-state index contributed by atoms with van der Waals surface area (Å²) in [5, 5.41) is 0. The van der Waals surface area contributed by atoms with E-state index in [0.717, 1.165) is 0 Å². The molecule has 0 heterocycles. The van der Waals surface area contributed by atoms with Crippen LogP contribution in [0.3, 0.4) is 0 Å². The second-order valence-electron chi connectivity index (χ2n) is 8.43. The molecule has 31 unspecified atom stereocenters. The molecule has 55 heavy (non-hydrogen) atoms. The normalized spacial score (nSPS) is 17.0. The molecule has 0 aromatic carbocycles. The maximum absolute atomic E-state index is 12.0. The molecule has 0 saturated heterocycles. The molecular formula is H54I2P53-. The molecule has 334 valence electrons. The van der Waals surface area contributed by atoms with Crippen LogP contribution in [0.2, 0.25) is 0 Å². The Morgan fingerprint density at radius 3 is 0.655 bits per heavy atom. The second kappa shape index (κ2) is 44.7. The van der Waals surface area contributed by atoms with Gasteiger partial charge >= 0.3 is 457 Å². The van der Waals surface area contributed by atoms with Gasteiger partial charge in [0.05, 0.1) is 0 Å². The van der Waals surface area contributed by atoms with Gasteiger partial charge in [0.2, 0.25) is 0 Å². The van der Waals surface area contributed by atoms with E-state index >= 15 is 0 Å². The van der Waals surface area contributed by atoms with Crippen LogP contribution in [0, 0.1) is 0 Å².